The Balaban J connectivity index is 2.17. The lowest BCUT2D eigenvalue weighted by Gasteiger charge is -2.29. The number of hydrogen-bond acceptors (Lipinski definition) is 2. The van der Waals surface area contributed by atoms with Gasteiger partial charge in [0.25, 0.3) is 0 Å². The Bertz CT molecular complexity index is 122. The highest BCUT2D eigenvalue weighted by molar-refractivity contribution is 4.73. The average molecular weight is 174 g/mol. The summed E-state index contributed by atoms with van der Waals surface area (Å²) < 4.78 is 12.9. The van der Waals surface area contributed by atoms with Gasteiger partial charge in [0.1, 0.15) is 6.17 Å². The van der Waals surface area contributed by atoms with E-state index in [2.05, 4.69) is 11.9 Å². The van der Waals surface area contributed by atoms with Gasteiger partial charge in [-0.2, -0.15) is 0 Å². The molecule has 1 unspecified atom stereocenters. The van der Waals surface area contributed by atoms with Crippen LogP contribution in [0, 0.1) is 5.92 Å². The van der Waals surface area contributed by atoms with Gasteiger partial charge >= 0.3 is 0 Å². The van der Waals surface area contributed by atoms with Crippen molar-refractivity contribution in [3.63, 3.8) is 0 Å². The highest BCUT2D eigenvalue weighted by Crippen LogP contribution is 2.21. The molecule has 2 nitrogen and oxygen atoms in total. The van der Waals surface area contributed by atoms with E-state index >= 15 is 0 Å². The van der Waals surface area contributed by atoms with Crippen molar-refractivity contribution in [2.75, 3.05) is 26.7 Å². The second-order valence-corrected chi connectivity index (χ2v) is 3.82. The van der Waals surface area contributed by atoms with Crippen molar-refractivity contribution in [1.82, 2.24) is 4.90 Å². The fourth-order valence-electron chi connectivity index (χ4n) is 1.76. The van der Waals surface area contributed by atoms with E-state index in [0.29, 0.717) is 12.3 Å². The maximum atomic E-state index is 12.9. The lowest BCUT2D eigenvalue weighted by atomic mass is 9.92. The first-order valence-corrected chi connectivity index (χ1v) is 4.75. The van der Waals surface area contributed by atoms with E-state index in [4.69, 9.17) is 5.73 Å². The van der Waals surface area contributed by atoms with Crippen LogP contribution in [0.1, 0.15) is 19.3 Å². The van der Waals surface area contributed by atoms with E-state index in [1.54, 1.807) is 0 Å². The van der Waals surface area contributed by atoms with Crippen molar-refractivity contribution in [2.24, 2.45) is 11.7 Å². The molecule has 0 aromatic carbocycles. The summed E-state index contributed by atoms with van der Waals surface area (Å²) in [5, 5.41) is 0. The maximum Gasteiger partial charge on any atom is 0.113 e. The van der Waals surface area contributed by atoms with E-state index in [1.807, 2.05) is 0 Å². The van der Waals surface area contributed by atoms with Gasteiger partial charge in [0, 0.05) is 6.54 Å². The summed E-state index contributed by atoms with van der Waals surface area (Å²) in [6.45, 7) is 2.41. The molecule has 0 amide bonds. The molecule has 0 spiro atoms. The molecule has 12 heavy (non-hydrogen) atoms. The van der Waals surface area contributed by atoms with E-state index in [9.17, 15) is 4.39 Å². The SMILES string of the molecule is CN1CCC(CC(F)CN)CC1. The van der Waals surface area contributed by atoms with Crippen molar-refractivity contribution in [3.8, 4) is 0 Å². The van der Waals surface area contributed by atoms with Crippen molar-refractivity contribution >= 4 is 0 Å². The largest absolute Gasteiger partial charge is 0.328 e. The zero-order valence-electron chi connectivity index (χ0n) is 7.80. The smallest absolute Gasteiger partial charge is 0.113 e. The van der Waals surface area contributed by atoms with Crippen LogP contribution in [0.25, 0.3) is 0 Å². The lowest BCUT2D eigenvalue weighted by Crippen LogP contribution is -2.32. The van der Waals surface area contributed by atoms with Crippen LogP contribution in [0.2, 0.25) is 0 Å². The van der Waals surface area contributed by atoms with Crippen molar-refractivity contribution in [2.45, 2.75) is 25.4 Å². The van der Waals surface area contributed by atoms with E-state index in [1.165, 1.54) is 0 Å². The Morgan fingerprint density at radius 3 is 2.58 bits per heavy atom. The number of nitrogens with two attached hydrogens (primary N) is 1. The predicted molar refractivity (Wildman–Crippen MR) is 48.8 cm³/mol. The normalized spacial score (nSPS) is 24.2. The van der Waals surface area contributed by atoms with Gasteiger partial charge in [0.15, 0.2) is 0 Å². The van der Waals surface area contributed by atoms with Crippen molar-refractivity contribution in [1.29, 1.82) is 0 Å². The second-order valence-electron chi connectivity index (χ2n) is 3.82. The van der Waals surface area contributed by atoms with Crippen LogP contribution in [0.4, 0.5) is 4.39 Å². The molecule has 0 bridgehead atoms. The van der Waals surface area contributed by atoms with Crippen LogP contribution in [-0.4, -0.2) is 37.8 Å². The molecule has 0 saturated carbocycles. The molecule has 0 radical (unpaired) electrons. The van der Waals surface area contributed by atoms with Crippen LogP contribution >= 0.6 is 0 Å². The fraction of sp³-hybridized carbons (Fsp3) is 1.00. The third-order valence-corrected chi connectivity index (χ3v) is 2.68. The molecular formula is C9H19FN2. The molecule has 1 aliphatic rings. The van der Waals surface area contributed by atoms with Gasteiger partial charge in [-0.1, -0.05) is 0 Å². The van der Waals surface area contributed by atoms with Crippen LogP contribution in [0.15, 0.2) is 0 Å². The minimum atomic E-state index is -0.779. The number of hydrogen-bond donors (Lipinski definition) is 1. The zero-order valence-corrected chi connectivity index (χ0v) is 7.80. The Labute approximate surface area is 73.9 Å². The minimum Gasteiger partial charge on any atom is -0.328 e. The number of rotatable bonds is 3. The topological polar surface area (TPSA) is 29.3 Å². The molecule has 0 aromatic rings. The molecule has 3 heteroatoms. The quantitative estimate of drug-likeness (QED) is 0.692. The molecule has 2 N–H and O–H groups in total. The molecule has 0 aromatic heterocycles. The summed E-state index contributed by atoms with van der Waals surface area (Å²) >= 11 is 0. The molecule has 1 aliphatic heterocycles. The van der Waals surface area contributed by atoms with Crippen LogP contribution in [-0.2, 0) is 0 Å². The molecule has 1 saturated heterocycles. The monoisotopic (exact) mass is 174 g/mol. The number of alkyl halides is 1. The van der Waals surface area contributed by atoms with Gasteiger partial charge in [0.05, 0.1) is 0 Å². The molecule has 72 valence electrons. The van der Waals surface area contributed by atoms with Crippen LogP contribution in [0.5, 0.6) is 0 Å². The number of likely N-dealkylation sites (tertiary alicyclic amines) is 1. The molecule has 1 rings (SSSR count). The highest BCUT2D eigenvalue weighted by atomic mass is 19.1. The number of piperidine rings is 1. The number of nitrogens with zero attached hydrogens (tertiary/aromatic N) is 1. The van der Waals surface area contributed by atoms with Crippen LogP contribution in [0.3, 0.4) is 0 Å². The zero-order chi connectivity index (χ0) is 8.97. The molecular weight excluding hydrogens is 155 g/mol. The molecule has 1 atom stereocenters. The van der Waals surface area contributed by atoms with Crippen molar-refractivity contribution in [3.05, 3.63) is 0 Å². The maximum absolute atomic E-state index is 12.9. The highest BCUT2D eigenvalue weighted by Gasteiger charge is 2.19. The summed E-state index contributed by atoms with van der Waals surface area (Å²) in [7, 11) is 2.12. The lowest BCUT2D eigenvalue weighted by molar-refractivity contribution is 0.178. The third kappa shape index (κ3) is 3.07. The molecule has 1 heterocycles. The Hall–Kier alpha value is -0.150. The van der Waals surface area contributed by atoms with Gasteiger partial charge in [-0.05, 0) is 45.3 Å². The minimum absolute atomic E-state index is 0.187. The predicted octanol–water partition coefficient (Wildman–Crippen LogP) is 1.02. The first-order chi connectivity index (χ1) is 5.72. The molecule has 1 fully saturated rings. The first kappa shape index (κ1) is 9.93. The number of halogens is 1. The Morgan fingerprint density at radius 2 is 2.08 bits per heavy atom. The van der Waals surface area contributed by atoms with Gasteiger partial charge < -0.3 is 10.6 Å². The Kier molecular flexibility index (Phi) is 3.95. The summed E-state index contributed by atoms with van der Waals surface area (Å²) in [4.78, 5) is 2.30. The second kappa shape index (κ2) is 4.77. The summed E-state index contributed by atoms with van der Waals surface area (Å²) in [6, 6.07) is 0. The summed E-state index contributed by atoms with van der Waals surface area (Å²) in [6.07, 6.45) is 2.16. The summed E-state index contributed by atoms with van der Waals surface area (Å²) in [5.74, 6) is 0.569. The van der Waals surface area contributed by atoms with Gasteiger partial charge in [-0.15, -0.1) is 0 Å². The molecule has 0 aliphatic carbocycles. The van der Waals surface area contributed by atoms with E-state index in [-0.39, 0.29) is 6.54 Å². The third-order valence-electron chi connectivity index (χ3n) is 2.68. The van der Waals surface area contributed by atoms with E-state index in [0.717, 1.165) is 25.9 Å². The van der Waals surface area contributed by atoms with Gasteiger partial charge in [-0.25, -0.2) is 4.39 Å². The first-order valence-electron chi connectivity index (χ1n) is 4.75. The van der Waals surface area contributed by atoms with Crippen molar-refractivity contribution < 1.29 is 4.39 Å². The fourth-order valence-corrected chi connectivity index (χ4v) is 1.76. The summed E-state index contributed by atoms with van der Waals surface area (Å²) in [5.41, 5.74) is 5.23. The van der Waals surface area contributed by atoms with Gasteiger partial charge in [0.2, 0.25) is 0 Å². The standard InChI is InChI=1S/C9H19FN2/c1-12-4-2-8(3-5-12)6-9(10)7-11/h8-9H,2-7,11H2,1H3. The average Bonchev–Trinajstić information content (AvgIpc) is 2.09. The Morgan fingerprint density at radius 1 is 1.50 bits per heavy atom. The van der Waals surface area contributed by atoms with E-state index < -0.39 is 6.17 Å². The van der Waals surface area contributed by atoms with Gasteiger partial charge in [-0.3, -0.25) is 0 Å². The van der Waals surface area contributed by atoms with Crippen LogP contribution < -0.4 is 5.73 Å².